The van der Waals surface area contributed by atoms with Gasteiger partial charge in [-0.15, -0.1) is 0 Å². The van der Waals surface area contributed by atoms with Gasteiger partial charge < -0.3 is 9.66 Å². The molecule has 0 amide bonds. The number of aryl methyl sites for hydroxylation is 1. The SMILES string of the molecule is CC1=C/C(=C(/c2ccc(O)c(C)c2)c2ccccc2S(=O)(=O)[O-])C=CC1=O.[Na+]. The summed E-state index contributed by atoms with van der Waals surface area (Å²) in [6.45, 7) is 3.39. The van der Waals surface area contributed by atoms with Crippen molar-refractivity contribution >= 4 is 21.5 Å². The Labute approximate surface area is 186 Å². The van der Waals surface area contributed by atoms with Crippen LogP contribution in [0.2, 0.25) is 0 Å². The minimum atomic E-state index is -4.71. The van der Waals surface area contributed by atoms with Gasteiger partial charge in [0, 0.05) is 5.56 Å². The van der Waals surface area contributed by atoms with Crippen molar-refractivity contribution in [2.45, 2.75) is 18.7 Å². The Kier molecular flexibility index (Phi) is 6.85. The summed E-state index contributed by atoms with van der Waals surface area (Å²) in [5.41, 5.74) is 3.08. The number of phenolic OH excluding ortho intramolecular Hbond substituents is 1. The topological polar surface area (TPSA) is 94.5 Å². The van der Waals surface area contributed by atoms with E-state index >= 15 is 0 Å². The van der Waals surface area contributed by atoms with Gasteiger partial charge in [0.05, 0.1) is 4.90 Å². The van der Waals surface area contributed by atoms with Gasteiger partial charge in [-0.05, 0) is 72.0 Å². The number of phenols is 1. The summed E-state index contributed by atoms with van der Waals surface area (Å²) in [5.74, 6) is -0.0290. The Balaban J connectivity index is 0.00000280. The molecule has 0 aliphatic heterocycles. The summed E-state index contributed by atoms with van der Waals surface area (Å²) >= 11 is 0. The van der Waals surface area contributed by atoms with Gasteiger partial charge in [0.1, 0.15) is 15.9 Å². The van der Waals surface area contributed by atoms with Crippen LogP contribution >= 0.6 is 0 Å². The van der Waals surface area contributed by atoms with Crippen molar-refractivity contribution in [3.63, 3.8) is 0 Å². The van der Waals surface area contributed by atoms with Crippen LogP contribution in [0.5, 0.6) is 5.75 Å². The second kappa shape index (κ2) is 8.59. The molecule has 2 aromatic rings. The third-order valence-corrected chi connectivity index (χ3v) is 5.27. The smallest absolute Gasteiger partial charge is 0.744 e. The fourth-order valence-electron chi connectivity index (χ4n) is 2.98. The summed E-state index contributed by atoms with van der Waals surface area (Å²) < 4.78 is 35.4. The van der Waals surface area contributed by atoms with E-state index in [0.29, 0.717) is 27.8 Å². The molecule has 5 nitrogen and oxygen atoms in total. The van der Waals surface area contributed by atoms with E-state index in [0.717, 1.165) is 0 Å². The Morgan fingerprint density at radius 2 is 1.71 bits per heavy atom. The van der Waals surface area contributed by atoms with Gasteiger partial charge in [-0.2, -0.15) is 0 Å². The molecule has 0 saturated heterocycles. The summed E-state index contributed by atoms with van der Waals surface area (Å²) in [5, 5.41) is 9.83. The molecule has 28 heavy (non-hydrogen) atoms. The molecule has 0 fully saturated rings. The monoisotopic (exact) mass is 404 g/mol. The third kappa shape index (κ3) is 4.54. The van der Waals surface area contributed by atoms with Crippen LogP contribution in [0.4, 0.5) is 0 Å². The Bertz CT molecular complexity index is 1140. The van der Waals surface area contributed by atoms with Crippen LogP contribution in [0.3, 0.4) is 0 Å². The molecular formula is C21H17NaO5S. The number of hydrogen-bond donors (Lipinski definition) is 1. The summed E-state index contributed by atoms with van der Waals surface area (Å²) in [6.07, 6.45) is 4.67. The van der Waals surface area contributed by atoms with Gasteiger partial charge in [0.15, 0.2) is 5.78 Å². The van der Waals surface area contributed by atoms with E-state index in [4.69, 9.17) is 0 Å². The van der Waals surface area contributed by atoms with Crippen molar-refractivity contribution in [2.24, 2.45) is 0 Å². The molecule has 3 rings (SSSR count). The quantitative estimate of drug-likeness (QED) is 0.594. The number of carbonyl (C=O) groups excluding carboxylic acids is 1. The predicted octanol–water partition coefficient (Wildman–Crippen LogP) is 0.496. The average molecular weight is 404 g/mol. The molecule has 0 spiro atoms. The fraction of sp³-hybridized carbons (Fsp3) is 0.0952. The number of hydrogen-bond acceptors (Lipinski definition) is 5. The number of rotatable bonds is 3. The number of aromatic hydroxyl groups is 1. The normalized spacial score (nSPS) is 15.7. The fourth-order valence-corrected chi connectivity index (χ4v) is 3.67. The van der Waals surface area contributed by atoms with Crippen LogP contribution in [0.1, 0.15) is 23.6 Å². The Morgan fingerprint density at radius 3 is 2.32 bits per heavy atom. The average Bonchev–Trinajstić information content (AvgIpc) is 2.61. The zero-order valence-electron chi connectivity index (χ0n) is 15.8. The predicted molar refractivity (Wildman–Crippen MR) is 101 cm³/mol. The largest absolute Gasteiger partial charge is 1.00 e. The zero-order chi connectivity index (χ0) is 19.8. The van der Waals surface area contributed by atoms with Gasteiger partial charge in [0.2, 0.25) is 0 Å². The molecule has 138 valence electrons. The minimum Gasteiger partial charge on any atom is -0.744 e. The van der Waals surface area contributed by atoms with Crippen LogP contribution in [0, 0.1) is 6.92 Å². The molecule has 0 atom stereocenters. The minimum absolute atomic E-state index is 0. The maximum absolute atomic E-state index is 11.8. The second-order valence-electron chi connectivity index (χ2n) is 6.31. The number of allylic oxidation sites excluding steroid dienone is 5. The Morgan fingerprint density at radius 1 is 1.04 bits per heavy atom. The van der Waals surface area contributed by atoms with Crippen LogP contribution in [-0.4, -0.2) is 23.9 Å². The number of ketones is 1. The van der Waals surface area contributed by atoms with E-state index in [-0.39, 0.29) is 51.5 Å². The van der Waals surface area contributed by atoms with E-state index in [1.807, 2.05) is 0 Å². The molecule has 7 heteroatoms. The van der Waals surface area contributed by atoms with E-state index in [1.165, 1.54) is 24.3 Å². The summed E-state index contributed by atoms with van der Waals surface area (Å²) in [7, 11) is -4.71. The molecule has 1 N–H and O–H groups in total. The van der Waals surface area contributed by atoms with E-state index < -0.39 is 10.1 Å². The van der Waals surface area contributed by atoms with Crippen LogP contribution < -0.4 is 29.6 Å². The van der Waals surface area contributed by atoms with Crippen molar-refractivity contribution in [3.8, 4) is 5.75 Å². The van der Waals surface area contributed by atoms with Crippen molar-refractivity contribution in [1.82, 2.24) is 0 Å². The first-order chi connectivity index (χ1) is 12.7. The van der Waals surface area contributed by atoms with E-state index in [9.17, 15) is 22.9 Å². The molecular weight excluding hydrogens is 387 g/mol. The van der Waals surface area contributed by atoms with Gasteiger partial charge in [-0.1, -0.05) is 30.3 Å². The van der Waals surface area contributed by atoms with Crippen molar-refractivity contribution in [1.29, 1.82) is 0 Å². The standard InChI is InChI=1S/C21H18O5S.Na/c1-13-11-15(7-9-18(13)22)21(16-8-10-19(23)14(2)12-16)17-5-3-4-6-20(17)27(24,25)26;/h3-12,22H,1-2H3,(H,24,25,26);/q;+1/p-1/b21-16-;. The first kappa shape index (κ1) is 22.3. The third-order valence-electron chi connectivity index (χ3n) is 4.37. The van der Waals surface area contributed by atoms with Crippen molar-refractivity contribution in [3.05, 3.63) is 88.5 Å². The van der Waals surface area contributed by atoms with Crippen molar-refractivity contribution < 1.29 is 52.4 Å². The van der Waals surface area contributed by atoms with Crippen LogP contribution in [0.15, 0.2) is 76.7 Å². The first-order valence-corrected chi connectivity index (χ1v) is 9.59. The van der Waals surface area contributed by atoms with Gasteiger partial charge in [0.25, 0.3) is 0 Å². The Hall–Kier alpha value is -1.96. The molecule has 0 unspecified atom stereocenters. The molecule has 1 aliphatic rings. The zero-order valence-corrected chi connectivity index (χ0v) is 18.6. The summed E-state index contributed by atoms with van der Waals surface area (Å²) in [6, 6.07) is 10.8. The molecule has 0 bridgehead atoms. The molecule has 2 aromatic carbocycles. The van der Waals surface area contributed by atoms with Gasteiger partial charge in [-0.3, -0.25) is 4.79 Å². The van der Waals surface area contributed by atoms with Gasteiger partial charge in [-0.25, -0.2) is 8.42 Å². The molecule has 0 heterocycles. The molecule has 0 saturated carbocycles. The van der Waals surface area contributed by atoms with E-state index in [1.54, 1.807) is 50.3 Å². The maximum Gasteiger partial charge on any atom is 1.00 e. The number of carbonyl (C=O) groups is 1. The molecule has 0 radical (unpaired) electrons. The van der Waals surface area contributed by atoms with Gasteiger partial charge >= 0.3 is 29.6 Å². The van der Waals surface area contributed by atoms with Crippen LogP contribution in [-0.2, 0) is 14.9 Å². The molecule has 1 aliphatic carbocycles. The van der Waals surface area contributed by atoms with Crippen molar-refractivity contribution in [2.75, 3.05) is 0 Å². The first-order valence-electron chi connectivity index (χ1n) is 8.19. The molecule has 0 aromatic heterocycles. The van der Waals surface area contributed by atoms with E-state index in [2.05, 4.69) is 0 Å². The maximum atomic E-state index is 11.8. The second-order valence-corrected chi connectivity index (χ2v) is 7.65. The van der Waals surface area contributed by atoms with Crippen LogP contribution in [0.25, 0.3) is 5.57 Å². The summed E-state index contributed by atoms with van der Waals surface area (Å²) in [4.78, 5) is 11.5. The number of benzene rings is 2.